The van der Waals surface area contributed by atoms with Crippen LogP contribution in [0, 0.1) is 13.8 Å². The van der Waals surface area contributed by atoms with E-state index in [-0.39, 0.29) is 11.8 Å². The first-order chi connectivity index (χ1) is 13.5. The van der Waals surface area contributed by atoms with Gasteiger partial charge < -0.3 is 9.47 Å². The van der Waals surface area contributed by atoms with Crippen LogP contribution < -0.4 is 0 Å². The third-order valence-corrected chi connectivity index (χ3v) is 5.73. The van der Waals surface area contributed by atoms with E-state index in [1.807, 2.05) is 55.4 Å². The smallest absolute Gasteiger partial charge is 0.254 e. The van der Waals surface area contributed by atoms with Gasteiger partial charge in [-0.1, -0.05) is 18.2 Å². The summed E-state index contributed by atoms with van der Waals surface area (Å²) in [5.74, 6) is 1.48. The molecule has 1 amide bonds. The summed E-state index contributed by atoms with van der Waals surface area (Å²) in [5.41, 5.74) is 3.67. The first kappa shape index (κ1) is 18.7. The summed E-state index contributed by atoms with van der Waals surface area (Å²) < 4.78 is 2.23. The summed E-state index contributed by atoms with van der Waals surface area (Å²) in [7, 11) is 0. The number of benzene rings is 1. The van der Waals surface area contributed by atoms with Crippen LogP contribution in [0.3, 0.4) is 0 Å². The van der Waals surface area contributed by atoms with Crippen molar-refractivity contribution in [1.82, 2.24) is 19.4 Å². The van der Waals surface area contributed by atoms with Gasteiger partial charge in [0, 0.05) is 48.5 Å². The first-order valence-electron chi connectivity index (χ1n) is 10.1. The van der Waals surface area contributed by atoms with Crippen molar-refractivity contribution in [2.75, 3.05) is 13.1 Å². The fourth-order valence-electron chi connectivity index (χ4n) is 4.32. The van der Waals surface area contributed by atoms with E-state index in [1.165, 1.54) is 0 Å². The van der Waals surface area contributed by atoms with E-state index >= 15 is 0 Å². The lowest BCUT2D eigenvalue weighted by Gasteiger charge is -2.33. The maximum Gasteiger partial charge on any atom is 0.254 e. The molecule has 0 spiro atoms. The van der Waals surface area contributed by atoms with Gasteiger partial charge in [0.2, 0.25) is 0 Å². The van der Waals surface area contributed by atoms with Gasteiger partial charge in [0.15, 0.2) is 0 Å². The fraction of sp³-hybridized carbons (Fsp3) is 0.435. The van der Waals surface area contributed by atoms with Gasteiger partial charge in [-0.15, -0.1) is 0 Å². The van der Waals surface area contributed by atoms with Crippen molar-refractivity contribution in [1.29, 1.82) is 0 Å². The van der Waals surface area contributed by atoms with E-state index in [0.717, 1.165) is 59.5 Å². The zero-order valence-electron chi connectivity index (χ0n) is 17.1. The van der Waals surface area contributed by atoms with Crippen molar-refractivity contribution < 1.29 is 4.79 Å². The standard InChI is InChI=1S/C23H28N4O/c1-15(2)27-12-10-24-22(27)18-8-6-11-26(14-18)23(28)20-13-17(4)25-21-16(3)7-5-9-19(20)21/h5,7,9-10,12-13,15,18H,6,8,11,14H2,1-4H3/t18-/m1/s1. The lowest BCUT2D eigenvalue weighted by molar-refractivity contribution is 0.0705. The third-order valence-electron chi connectivity index (χ3n) is 5.73. The van der Waals surface area contributed by atoms with Crippen LogP contribution in [-0.2, 0) is 0 Å². The molecule has 0 aliphatic carbocycles. The number of likely N-dealkylation sites (tertiary alicyclic amines) is 1. The number of nitrogens with zero attached hydrogens (tertiary/aromatic N) is 4. The molecule has 1 atom stereocenters. The summed E-state index contributed by atoms with van der Waals surface area (Å²) in [6.45, 7) is 9.87. The number of pyridine rings is 1. The molecule has 0 N–H and O–H groups in total. The monoisotopic (exact) mass is 376 g/mol. The first-order valence-corrected chi connectivity index (χ1v) is 10.1. The molecule has 0 bridgehead atoms. The molecule has 1 aromatic carbocycles. The maximum absolute atomic E-state index is 13.5. The highest BCUT2D eigenvalue weighted by Gasteiger charge is 2.29. The Hall–Kier alpha value is -2.69. The highest BCUT2D eigenvalue weighted by molar-refractivity contribution is 6.06. The second-order valence-electron chi connectivity index (χ2n) is 8.16. The molecule has 3 heterocycles. The highest BCUT2D eigenvalue weighted by Crippen LogP contribution is 2.30. The Labute approximate surface area is 166 Å². The van der Waals surface area contributed by atoms with Crippen LogP contribution in [-0.4, -0.2) is 38.4 Å². The minimum Gasteiger partial charge on any atom is -0.338 e. The van der Waals surface area contributed by atoms with Gasteiger partial charge in [-0.2, -0.15) is 0 Å². The minimum atomic E-state index is 0.105. The summed E-state index contributed by atoms with van der Waals surface area (Å²) in [4.78, 5) is 24.8. The quantitative estimate of drug-likeness (QED) is 0.669. The molecule has 28 heavy (non-hydrogen) atoms. The van der Waals surface area contributed by atoms with Gasteiger partial charge in [0.05, 0.1) is 11.1 Å². The predicted molar refractivity (Wildman–Crippen MR) is 112 cm³/mol. The summed E-state index contributed by atoms with van der Waals surface area (Å²) in [6, 6.07) is 8.37. The number of aryl methyl sites for hydroxylation is 2. The predicted octanol–water partition coefficient (Wildman–Crippen LogP) is 4.65. The molecule has 0 saturated carbocycles. The number of hydrogen-bond donors (Lipinski definition) is 0. The minimum absolute atomic E-state index is 0.105. The number of rotatable bonds is 3. The number of fused-ring (bicyclic) bond motifs is 1. The Morgan fingerprint density at radius 3 is 2.86 bits per heavy atom. The Balaban J connectivity index is 1.66. The molecule has 1 fully saturated rings. The molecular weight excluding hydrogens is 348 g/mol. The molecule has 3 aromatic rings. The van der Waals surface area contributed by atoms with Crippen LogP contribution in [0.15, 0.2) is 36.7 Å². The molecule has 0 radical (unpaired) electrons. The van der Waals surface area contributed by atoms with E-state index in [0.29, 0.717) is 6.04 Å². The summed E-state index contributed by atoms with van der Waals surface area (Å²) in [6.07, 6.45) is 5.99. The number of amides is 1. The van der Waals surface area contributed by atoms with Crippen molar-refractivity contribution in [2.45, 2.75) is 52.5 Å². The van der Waals surface area contributed by atoms with Crippen LogP contribution >= 0.6 is 0 Å². The fourth-order valence-corrected chi connectivity index (χ4v) is 4.32. The van der Waals surface area contributed by atoms with E-state index in [4.69, 9.17) is 0 Å². The largest absolute Gasteiger partial charge is 0.338 e. The number of carbonyl (C=O) groups excluding carboxylic acids is 1. The number of aromatic nitrogens is 3. The Bertz CT molecular complexity index is 1020. The maximum atomic E-state index is 13.5. The van der Waals surface area contributed by atoms with E-state index < -0.39 is 0 Å². The van der Waals surface area contributed by atoms with Crippen molar-refractivity contribution >= 4 is 16.8 Å². The van der Waals surface area contributed by atoms with E-state index in [9.17, 15) is 4.79 Å². The van der Waals surface area contributed by atoms with E-state index in [1.54, 1.807) is 0 Å². The van der Waals surface area contributed by atoms with Crippen LogP contribution in [0.25, 0.3) is 10.9 Å². The third kappa shape index (κ3) is 3.30. The van der Waals surface area contributed by atoms with Gasteiger partial charge in [-0.3, -0.25) is 9.78 Å². The van der Waals surface area contributed by atoms with Gasteiger partial charge in [0.25, 0.3) is 5.91 Å². The van der Waals surface area contributed by atoms with Crippen molar-refractivity contribution in [3.05, 3.63) is 59.3 Å². The number of hydrogen-bond acceptors (Lipinski definition) is 3. The zero-order chi connectivity index (χ0) is 19.8. The molecule has 4 rings (SSSR count). The second-order valence-corrected chi connectivity index (χ2v) is 8.16. The molecule has 1 aliphatic heterocycles. The van der Waals surface area contributed by atoms with Gasteiger partial charge in [-0.25, -0.2) is 4.98 Å². The van der Waals surface area contributed by atoms with Gasteiger partial charge in [0.1, 0.15) is 5.82 Å². The number of imidazole rings is 1. The molecule has 1 saturated heterocycles. The van der Waals surface area contributed by atoms with Gasteiger partial charge >= 0.3 is 0 Å². The molecule has 5 nitrogen and oxygen atoms in total. The highest BCUT2D eigenvalue weighted by atomic mass is 16.2. The Morgan fingerprint density at radius 1 is 1.25 bits per heavy atom. The SMILES string of the molecule is Cc1cc(C(=O)N2CCC[C@@H](c3nccn3C(C)C)C2)c2cccc(C)c2n1. The Morgan fingerprint density at radius 2 is 2.07 bits per heavy atom. The lowest BCUT2D eigenvalue weighted by Crippen LogP contribution is -2.40. The molecule has 2 aromatic heterocycles. The number of para-hydroxylation sites is 1. The lowest BCUT2D eigenvalue weighted by atomic mass is 9.95. The van der Waals surface area contributed by atoms with Crippen molar-refractivity contribution in [3.63, 3.8) is 0 Å². The second kappa shape index (κ2) is 7.38. The average Bonchev–Trinajstić information content (AvgIpc) is 3.18. The Kier molecular flexibility index (Phi) is 4.92. The topological polar surface area (TPSA) is 51.0 Å². The average molecular weight is 377 g/mol. The normalized spacial score (nSPS) is 17.5. The van der Waals surface area contributed by atoms with Crippen LogP contribution in [0.5, 0.6) is 0 Å². The van der Waals surface area contributed by atoms with E-state index in [2.05, 4.69) is 28.4 Å². The van der Waals surface area contributed by atoms with Crippen LogP contribution in [0.4, 0.5) is 0 Å². The number of piperidine rings is 1. The van der Waals surface area contributed by atoms with Crippen LogP contribution in [0.1, 0.15) is 66.1 Å². The van der Waals surface area contributed by atoms with Gasteiger partial charge in [-0.05, 0) is 52.2 Å². The molecule has 5 heteroatoms. The molecule has 1 aliphatic rings. The van der Waals surface area contributed by atoms with Crippen molar-refractivity contribution in [2.24, 2.45) is 0 Å². The molecular formula is C23H28N4O. The zero-order valence-corrected chi connectivity index (χ0v) is 17.1. The summed E-state index contributed by atoms with van der Waals surface area (Å²) in [5, 5.41) is 0.946. The molecule has 146 valence electrons. The van der Waals surface area contributed by atoms with Crippen LogP contribution in [0.2, 0.25) is 0 Å². The number of carbonyl (C=O) groups is 1. The molecule has 0 unspecified atom stereocenters. The summed E-state index contributed by atoms with van der Waals surface area (Å²) >= 11 is 0. The van der Waals surface area contributed by atoms with Crippen molar-refractivity contribution in [3.8, 4) is 0 Å².